The predicted octanol–water partition coefficient (Wildman–Crippen LogP) is 4.06. The lowest BCUT2D eigenvalue weighted by Gasteiger charge is -2.37. The summed E-state index contributed by atoms with van der Waals surface area (Å²) in [6.07, 6.45) is 2.17. The van der Waals surface area contributed by atoms with E-state index in [1.807, 2.05) is 0 Å². The largest absolute Gasteiger partial charge is 0.375 e. The van der Waals surface area contributed by atoms with Gasteiger partial charge in [-0.25, -0.2) is 0 Å². The molecule has 1 aromatic rings. The molecule has 0 saturated carbocycles. The number of rotatable bonds is 3. The van der Waals surface area contributed by atoms with E-state index in [0.29, 0.717) is 12.1 Å². The fraction of sp³-hybridized carbons (Fsp3) is 0.600. The van der Waals surface area contributed by atoms with Crippen LogP contribution in [0.25, 0.3) is 0 Å². The summed E-state index contributed by atoms with van der Waals surface area (Å²) in [6.45, 7) is 7.42. The normalized spacial score (nSPS) is 24.8. The van der Waals surface area contributed by atoms with Gasteiger partial charge in [0.05, 0.1) is 5.60 Å². The van der Waals surface area contributed by atoms with Crippen molar-refractivity contribution in [2.24, 2.45) is 0 Å². The Morgan fingerprint density at radius 2 is 2.11 bits per heavy atom. The van der Waals surface area contributed by atoms with Crippen LogP contribution in [0.4, 0.5) is 0 Å². The third kappa shape index (κ3) is 3.56. The molecule has 0 bridgehead atoms. The van der Waals surface area contributed by atoms with E-state index in [0.717, 1.165) is 19.4 Å². The van der Waals surface area contributed by atoms with Crippen LogP contribution in [0.5, 0.6) is 0 Å². The van der Waals surface area contributed by atoms with Gasteiger partial charge in [-0.2, -0.15) is 0 Å². The molecule has 0 aliphatic carbocycles. The summed E-state index contributed by atoms with van der Waals surface area (Å²) in [6, 6.07) is 9.31. The third-order valence-electron chi connectivity index (χ3n) is 3.55. The van der Waals surface area contributed by atoms with E-state index in [9.17, 15) is 0 Å². The van der Waals surface area contributed by atoms with Gasteiger partial charge in [-0.15, -0.1) is 0 Å². The van der Waals surface area contributed by atoms with Crippen molar-refractivity contribution in [1.29, 1.82) is 0 Å². The van der Waals surface area contributed by atoms with Gasteiger partial charge in [-0.1, -0.05) is 34.1 Å². The molecule has 1 aliphatic heterocycles. The van der Waals surface area contributed by atoms with Crippen LogP contribution >= 0.6 is 15.9 Å². The summed E-state index contributed by atoms with van der Waals surface area (Å²) >= 11 is 3.62. The zero-order valence-electron chi connectivity index (χ0n) is 11.4. The molecule has 2 rings (SSSR count). The van der Waals surface area contributed by atoms with Crippen molar-refractivity contribution in [3.05, 3.63) is 34.3 Å². The molecule has 1 saturated heterocycles. The molecule has 1 N–H and O–H groups in total. The number of ether oxygens (including phenoxy) is 1. The average Bonchev–Trinajstić information content (AvgIpc) is 2.28. The Balaban J connectivity index is 1.99. The summed E-state index contributed by atoms with van der Waals surface area (Å²) in [5.41, 5.74) is 1.32. The van der Waals surface area contributed by atoms with E-state index in [2.05, 4.69) is 66.3 Å². The first-order valence-electron chi connectivity index (χ1n) is 6.62. The van der Waals surface area contributed by atoms with Gasteiger partial charge >= 0.3 is 0 Å². The van der Waals surface area contributed by atoms with Gasteiger partial charge in [0.2, 0.25) is 0 Å². The minimum Gasteiger partial charge on any atom is -0.375 e. The van der Waals surface area contributed by atoms with Crippen molar-refractivity contribution < 1.29 is 4.74 Å². The quantitative estimate of drug-likeness (QED) is 0.909. The minimum atomic E-state index is 0.00353. The van der Waals surface area contributed by atoms with Gasteiger partial charge < -0.3 is 10.1 Å². The highest BCUT2D eigenvalue weighted by Crippen LogP contribution is 2.28. The van der Waals surface area contributed by atoms with Crippen LogP contribution in [0.2, 0.25) is 0 Å². The Kier molecular flexibility index (Phi) is 4.46. The van der Waals surface area contributed by atoms with Gasteiger partial charge in [-0.05, 0) is 45.2 Å². The van der Waals surface area contributed by atoms with Crippen molar-refractivity contribution in [3.8, 4) is 0 Å². The first-order valence-corrected chi connectivity index (χ1v) is 7.42. The minimum absolute atomic E-state index is 0.00353. The highest BCUT2D eigenvalue weighted by atomic mass is 79.9. The van der Waals surface area contributed by atoms with Gasteiger partial charge in [0.1, 0.15) is 0 Å². The second kappa shape index (κ2) is 5.72. The third-order valence-corrected chi connectivity index (χ3v) is 4.28. The van der Waals surface area contributed by atoms with Crippen molar-refractivity contribution in [2.45, 2.75) is 51.3 Å². The van der Waals surface area contributed by atoms with Crippen LogP contribution in [0, 0.1) is 0 Å². The molecule has 18 heavy (non-hydrogen) atoms. The molecular weight excluding hydrogens is 290 g/mol. The maximum Gasteiger partial charge on any atom is 0.0641 e. The van der Waals surface area contributed by atoms with Crippen molar-refractivity contribution >= 4 is 15.9 Å². The molecule has 2 atom stereocenters. The lowest BCUT2D eigenvalue weighted by Crippen LogP contribution is -2.44. The van der Waals surface area contributed by atoms with Crippen molar-refractivity contribution in [3.63, 3.8) is 0 Å². The summed E-state index contributed by atoms with van der Waals surface area (Å²) in [5, 5.41) is 3.72. The van der Waals surface area contributed by atoms with Gasteiger partial charge in [0, 0.05) is 23.2 Å². The van der Waals surface area contributed by atoms with E-state index < -0.39 is 0 Å². The van der Waals surface area contributed by atoms with Gasteiger partial charge in [0.15, 0.2) is 0 Å². The molecule has 1 aliphatic rings. The predicted molar refractivity (Wildman–Crippen MR) is 78.7 cm³/mol. The molecule has 0 aromatic heterocycles. The zero-order valence-corrected chi connectivity index (χ0v) is 13.0. The molecule has 0 radical (unpaired) electrons. The molecule has 1 heterocycles. The van der Waals surface area contributed by atoms with Crippen LogP contribution in [0.1, 0.15) is 45.2 Å². The molecule has 0 spiro atoms. The first-order chi connectivity index (χ1) is 8.48. The van der Waals surface area contributed by atoms with Crippen molar-refractivity contribution in [2.75, 3.05) is 6.61 Å². The molecule has 1 aromatic carbocycles. The number of hydrogen-bond donors (Lipinski definition) is 1. The zero-order chi connectivity index (χ0) is 13.2. The van der Waals surface area contributed by atoms with E-state index >= 15 is 0 Å². The second-order valence-electron chi connectivity index (χ2n) is 5.71. The van der Waals surface area contributed by atoms with Crippen LogP contribution in [-0.4, -0.2) is 18.2 Å². The number of nitrogens with one attached hydrogen (secondary N) is 1. The van der Waals surface area contributed by atoms with Crippen LogP contribution < -0.4 is 5.32 Å². The van der Waals surface area contributed by atoms with Crippen molar-refractivity contribution in [1.82, 2.24) is 5.32 Å². The Labute approximate surface area is 118 Å². The van der Waals surface area contributed by atoms with Gasteiger partial charge in [-0.3, -0.25) is 0 Å². The molecule has 0 amide bonds. The molecule has 3 heteroatoms. The maximum absolute atomic E-state index is 5.76. The molecule has 1 unspecified atom stereocenters. The second-order valence-corrected chi connectivity index (χ2v) is 6.56. The smallest absolute Gasteiger partial charge is 0.0641 e. The fourth-order valence-corrected chi connectivity index (χ4v) is 3.27. The standard InChI is InChI=1S/C15H22BrNO/c1-11(13-6-4-5-7-14(13)16)17-12-8-9-18-15(2,3)10-12/h4-7,11-12,17H,8-10H2,1-3H3/t11-,12?/m0/s1. The highest BCUT2D eigenvalue weighted by molar-refractivity contribution is 9.10. The lowest BCUT2D eigenvalue weighted by atomic mass is 9.93. The van der Waals surface area contributed by atoms with Crippen LogP contribution in [0.3, 0.4) is 0 Å². The number of halogens is 1. The van der Waals surface area contributed by atoms with E-state index in [1.165, 1.54) is 10.0 Å². The molecule has 1 fully saturated rings. The Morgan fingerprint density at radius 1 is 1.39 bits per heavy atom. The van der Waals surface area contributed by atoms with E-state index in [1.54, 1.807) is 0 Å². The Hall–Kier alpha value is -0.380. The topological polar surface area (TPSA) is 21.3 Å². The average molecular weight is 312 g/mol. The Bertz CT molecular complexity index is 405. The van der Waals surface area contributed by atoms with Gasteiger partial charge in [0.25, 0.3) is 0 Å². The monoisotopic (exact) mass is 311 g/mol. The first kappa shape index (κ1) is 14.0. The highest BCUT2D eigenvalue weighted by Gasteiger charge is 2.29. The SMILES string of the molecule is C[C@H](NC1CCOC(C)(C)C1)c1ccccc1Br. The summed E-state index contributed by atoms with van der Waals surface area (Å²) in [7, 11) is 0. The Morgan fingerprint density at radius 3 is 2.78 bits per heavy atom. The summed E-state index contributed by atoms with van der Waals surface area (Å²) < 4.78 is 6.93. The number of benzene rings is 1. The van der Waals surface area contributed by atoms with E-state index in [-0.39, 0.29) is 5.60 Å². The summed E-state index contributed by atoms with van der Waals surface area (Å²) in [5.74, 6) is 0. The summed E-state index contributed by atoms with van der Waals surface area (Å²) in [4.78, 5) is 0. The lowest BCUT2D eigenvalue weighted by molar-refractivity contribution is -0.0640. The maximum atomic E-state index is 5.76. The van der Waals surface area contributed by atoms with E-state index in [4.69, 9.17) is 4.74 Å². The molecular formula is C15H22BrNO. The van der Waals surface area contributed by atoms with Crippen LogP contribution in [0.15, 0.2) is 28.7 Å². The molecule has 2 nitrogen and oxygen atoms in total. The van der Waals surface area contributed by atoms with Crippen LogP contribution in [-0.2, 0) is 4.74 Å². The number of hydrogen-bond acceptors (Lipinski definition) is 2. The molecule has 100 valence electrons. The fourth-order valence-electron chi connectivity index (χ4n) is 2.64.